The summed E-state index contributed by atoms with van der Waals surface area (Å²) < 4.78 is 7.63. The van der Waals surface area contributed by atoms with Crippen LogP contribution in [-0.2, 0) is 0 Å². The van der Waals surface area contributed by atoms with E-state index >= 15 is 0 Å². The molecule has 4 rings (SSSR count). The van der Waals surface area contributed by atoms with Crippen LogP contribution in [0.4, 0.5) is 0 Å². The van der Waals surface area contributed by atoms with Crippen molar-refractivity contribution >= 4 is 17.2 Å². The number of furan rings is 1. The molecule has 1 atom stereocenters. The molecule has 0 radical (unpaired) electrons. The summed E-state index contributed by atoms with van der Waals surface area (Å²) in [5.74, 6) is 0.851. The lowest BCUT2D eigenvalue weighted by Gasteiger charge is -2.14. The van der Waals surface area contributed by atoms with Crippen molar-refractivity contribution in [1.29, 1.82) is 0 Å². The number of halogens is 1. The van der Waals surface area contributed by atoms with E-state index in [1.807, 2.05) is 36.5 Å². The van der Waals surface area contributed by atoms with Crippen LogP contribution in [0.25, 0.3) is 17.1 Å². The first-order valence-electron chi connectivity index (χ1n) is 7.35. The van der Waals surface area contributed by atoms with Gasteiger partial charge < -0.3 is 4.42 Å². The molecule has 4 aromatic rings. The van der Waals surface area contributed by atoms with Gasteiger partial charge >= 0.3 is 0 Å². The van der Waals surface area contributed by atoms with E-state index in [1.54, 1.807) is 18.7 Å². The van der Waals surface area contributed by atoms with Crippen molar-refractivity contribution in [1.82, 2.24) is 14.4 Å². The van der Waals surface area contributed by atoms with Crippen LogP contribution in [0.1, 0.15) is 24.1 Å². The van der Waals surface area contributed by atoms with Gasteiger partial charge in [-0.1, -0.05) is 30.7 Å². The molecular weight excluding hydrogens is 310 g/mol. The Morgan fingerprint density at radius 2 is 2.13 bits per heavy atom. The maximum Gasteiger partial charge on any atom is 0.156 e. The molecule has 0 saturated carbocycles. The van der Waals surface area contributed by atoms with Gasteiger partial charge in [0.05, 0.1) is 18.2 Å². The van der Waals surface area contributed by atoms with Crippen LogP contribution in [0.2, 0.25) is 5.02 Å². The summed E-state index contributed by atoms with van der Waals surface area (Å²) in [4.78, 5) is 8.86. The Morgan fingerprint density at radius 3 is 2.91 bits per heavy atom. The fourth-order valence-corrected chi connectivity index (χ4v) is 3.07. The van der Waals surface area contributed by atoms with Gasteiger partial charge in [0.15, 0.2) is 11.4 Å². The first kappa shape index (κ1) is 14.0. The monoisotopic (exact) mass is 323 g/mol. The molecule has 0 fully saturated rings. The largest absolute Gasteiger partial charge is 0.463 e. The Morgan fingerprint density at radius 1 is 1.22 bits per heavy atom. The van der Waals surface area contributed by atoms with Crippen molar-refractivity contribution in [3.05, 3.63) is 77.5 Å². The quantitative estimate of drug-likeness (QED) is 0.544. The predicted molar refractivity (Wildman–Crippen MR) is 89.7 cm³/mol. The number of nitrogens with zero attached hydrogens (tertiary/aromatic N) is 3. The molecule has 114 valence electrons. The summed E-state index contributed by atoms with van der Waals surface area (Å²) in [5, 5.41) is 0.726. The zero-order valence-corrected chi connectivity index (χ0v) is 13.2. The standard InChI is InChI=1S/C18H14ClN3O/c1-12(13-4-2-5-14(19)10-13)18-17(15-6-3-9-23-15)21-16-11-20-7-8-22(16)18/h2-12H,1H3. The molecule has 1 aromatic carbocycles. The van der Waals surface area contributed by atoms with E-state index in [4.69, 9.17) is 21.0 Å². The highest BCUT2D eigenvalue weighted by Gasteiger charge is 2.22. The maximum absolute atomic E-state index is 6.16. The molecule has 1 unspecified atom stereocenters. The zero-order valence-electron chi connectivity index (χ0n) is 12.5. The Balaban J connectivity index is 1.96. The van der Waals surface area contributed by atoms with Gasteiger partial charge in [-0.05, 0) is 29.8 Å². The van der Waals surface area contributed by atoms with Crippen molar-refractivity contribution in [3.8, 4) is 11.5 Å². The fourth-order valence-electron chi connectivity index (χ4n) is 2.87. The number of aromatic nitrogens is 3. The lowest BCUT2D eigenvalue weighted by atomic mass is 9.95. The van der Waals surface area contributed by atoms with Crippen LogP contribution in [0.3, 0.4) is 0 Å². The molecule has 0 aliphatic rings. The normalized spacial score (nSPS) is 12.6. The van der Waals surface area contributed by atoms with E-state index in [2.05, 4.69) is 22.4 Å². The molecule has 3 heterocycles. The van der Waals surface area contributed by atoms with Gasteiger partial charge in [-0.15, -0.1) is 0 Å². The molecule has 0 spiro atoms. The molecule has 0 N–H and O–H groups in total. The third-order valence-electron chi connectivity index (χ3n) is 3.98. The number of hydrogen-bond donors (Lipinski definition) is 0. The van der Waals surface area contributed by atoms with Crippen LogP contribution in [-0.4, -0.2) is 14.4 Å². The van der Waals surface area contributed by atoms with E-state index in [0.717, 1.165) is 33.4 Å². The molecular formula is C18H14ClN3O. The van der Waals surface area contributed by atoms with Crippen LogP contribution in [0.5, 0.6) is 0 Å². The van der Waals surface area contributed by atoms with Crippen molar-refractivity contribution in [3.63, 3.8) is 0 Å². The average Bonchev–Trinajstić information content (AvgIpc) is 3.21. The summed E-state index contributed by atoms with van der Waals surface area (Å²) in [6.45, 7) is 2.14. The smallest absolute Gasteiger partial charge is 0.156 e. The van der Waals surface area contributed by atoms with Gasteiger partial charge in [0.25, 0.3) is 0 Å². The highest BCUT2D eigenvalue weighted by Crippen LogP contribution is 2.34. The number of fused-ring (bicyclic) bond motifs is 1. The Hall–Kier alpha value is -2.59. The Kier molecular flexibility index (Phi) is 3.39. The van der Waals surface area contributed by atoms with Gasteiger partial charge in [-0.3, -0.25) is 9.38 Å². The Bertz CT molecular complexity index is 959. The predicted octanol–water partition coefficient (Wildman–Crippen LogP) is 4.79. The molecule has 4 nitrogen and oxygen atoms in total. The van der Waals surface area contributed by atoms with E-state index in [1.165, 1.54) is 0 Å². The van der Waals surface area contributed by atoms with Crippen LogP contribution in [0.15, 0.2) is 65.7 Å². The van der Waals surface area contributed by atoms with Crippen molar-refractivity contribution < 1.29 is 4.42 Å². The third kappa shape index (κ3) is 2.41. The van der Waals surface area contributed by atoms with E-state index in [-0.39, 0.29) is 5.92 Å². The van der Waals surface area contributed by atoms with Crippen LogP contribution in [0, 0.1) is 0 Å². The second-order valence-electron chi connectivity index (χ2n) is 5.40. The zero-order chi connectivity index (χ0) is 15.8. The van der Waals surface area contributed by atoms with Crippen molar-refractivity contribution in [2.75, 3.05) is 0 Å². The first-order valence-corrected chi connectivity index (χ1v) is 7.73. The van der Waals surface area contributed by atoms with E-state index in [9.17, 15) is 0 Å². The minimum absolute atomic E-state index is 0.103. The van der Waals surface area contributed by atoms with Crippen LogP contribution < -0.4 is 0 Å². The van der Waals surface area contributed by atoms with Gasteiger partial charge in [-0.25, -0.2) is 4.98 Å². The molecule has 5 heteroatoms. The average molecular weight is 324 g/mol. The molecule has 0 amide bonds. The van der Waals surface area contributed by atoms with Crippen molar-refractivity contribution in [2.24, 2.45) is 0 Å². The first-order chi connectivity index (χ1) is 11.2. The van der Waals surface area contributed by atoms with Gasteiger partial charge in [0.1, 0.15) is 5.69 Å². The highest BCUT2D eigenvalue weighted by atomic mass is 35.5. The summed E-state index contributed by atoms with van der Waals surface area (Å²) in [7, 11) is 0. The molecule has 3 aromatic heterocycles. The fraction of sp³-hybridized carbons (Fsp3) is 0.111. The number of hydrogen-bond acceptors (Lipinski definition) is 3. The molecule has 0 saturated heterocycles. The SMILES string of the molecule is CC(c1cccc(Cl)c1)c1c(-c2ccco2)nc2cnccn12. The van der Waals surface area contributed by atoms with Gasteiger partial charge in [0.2, 0.25) is 0 Å². The van der Waals surface area contributed by atoms with E-state index in [0.29, 0.717) is 0 Å². The lowest BCUT2D eigenvalue weighted by Crippen LogP contribution is -2.02. The Labute approximate surface area is 138 Å². The number of rotatable bonds is 3. The third-order valence-corrected chi connectivity index (χ3v) is 4.22. The van der Waals surface area contributed by atoms with Crippen LogP contribution >= 0.6 is 11.6 Å². The second kappa shape index (κ2) is 5.56. The summed E-state index contributed by atoms with van der Waals surface area (Å²) in [6.07, 6.45) is 7.09. The van der Waals surface area contributed by atoms with Gasteiger partial charge in [-0.2, -0.15) is 0 Å². The number of benzene rings is 1. The molecule has 0 aliphatic heterocycles. The second-order valence-corrected chi connectivity index (χ2v) is 5.84. The van der Waals surface area contributed by atoms with Crippen molar-refractivity contribution in [2.45, 2.75) is 12.8 Å². The molecule has 0 aliphatic carbocycles. The maximum atomic E-state index is 6.16. The lowest BCUT2D eigenvalue weighted by molar-refractivity contribution is 0.579. The topological polar surface area (TPSA) is 43.3 Å². The van der Waals surface area contributed by atoms with Gasteiger partial charge in [0, 0.05) is 23.3 Å². The summed E-state index contributed by atoms with van der Waals surface area (Å²) in [6, 6.07) is 11.7. The molecule has 23 heavy (non-hydrogen) atoms. The molecule has 0 bridgehead atoms. The minimum Gasteiger partial charge on any atom is -0.463 e. The highest BCUT2D eigenvalue weighted by molar-refractivity contribution is 6.30. The van der Waals surface area contributed by atoms with E-state index < -0.39 is 0 Å². The number of imidazole rings is 1. The summed E-state index contributed by atoms with van der Waals surface area (Å²) >= 11 is 6.16. The summed E-state index contributed by atoms with van der Waals surface area (Å²) in [5.41, 5.74) is 3.81. The minimum atomic E-state index is 0.103.